The average molecular weight is 290 g/mol. The fourth-order valence-corrected chi connectivity index (χ4v) is 3.24. The van der Waals surface area contributed by atoms with Crippen molar-refractivity contribution in [2.24, 2.45) is 5.41 Å². The van der Waals surface area contributed by atoms with E-state index in [0.29, 0.717) is 11.5 Å². The molecule has 0 unspecified atom stereocenters. The molecule has 2 rings (SSSR count). The summed E-state index contributed by atoms with van der Waals surface area (Å²) in [5.41, 5.74) is 1.66. The normalized spacial score (nSPS) is 18.6. The molecule has 1 aliphatic carbocycles. The lowest BCUT2D eigenvalue weighted by atomic mass is 9.75. The minimum absolute atomic E-state index is 0.503. The largest absolute Gasteiger partial charge is 0.373 e. The summed E-state index contributed by atoms with van der Waals surface area (Å²) in [6.45, 7) is 8.99. The molecule has 0 spiro atoms. The third-order valence-electron chi connectivity index (χ3n) is 4.91. The van der Waals surface area contributed by atoms with Crippen LogP contribution >= 0.6 is 0 Å². The molecule has 1 aromatic heterocycles. The van der Waals surface area contributed by atoms with E-state index in [-0.39, 0.29) is 0 Å². The highest BCUT2D eigenvalue weighted by molar-refractivity contribution is 5.58. The van der Waals surface area contributed by atoms with E-state index in [1.807, 2.05) is 7.05 Å². The molecule has 1 fully saturated rings. The Hall–Kier alpha value is -1.32. The highest BCUT2D eigenvalue weighted by Crippen LogP contribution is 2.38. The van der Waals surface area contributed by atoms with Crippen molar-refractivity contribution < 1.29 is 0 Å². The van der Waals surface area contributed by atoms with Crippen LogP contribution in [0.4, 0.5) is 11.6 Å². The Balaban J connectivity index is 2.24. The van der Waals surface area contributed by atoms with Crippen molar-refractivity contribution in [3.63, 3.8) is 0 Å². The van der Waals surface area contributed by atoms with Gasteiger partial charge in [0.15, 0.2) is 0 Å². The zero-order valence-corrected chi connectivity index (χ0v) is 14.5. The van der Waals surface area contributed by atoms with Gasteiger partial charge in [-0.15, -0.1) is 0 Å². The Morgan fingerprint density at radius 2 is 1.86 bits per heavy atom. The Morgan fingerprint density at radius 3 is 2.38 bits per heavy atom. The molecule has 21 heavy (non-hydrogen) atoms. The summed E-state index contributed by atoms with van der Waals surface area (Å²) in [6, 6.07) is 0.598. The van der Waals surface area contributed by atoms with Crippen LogP contribution in [0.15, 0.2) is 0 Å². The molecule has 0 saturated heterocycles. The molecule has 1 aromatic rings. The third kappa shape index (κ3) is 3.47. The smallest absolute Gasteiger partial charge is 0.137 e. The van der Waals surface area contributed by atoms with Gasteiger partial charge >= 0.3 is 0 Å². The van der Waals surface area contributed by atoms with Crippen molar-refractivity contribution in [1.29, 1.82) is 0 Å². The van der Waals surface area contributed by atoms with E-state index in [1.165, 1.54) is 25.7 Å². The number of hydrogen-bond donors (Lipinski definition) is 1. The van der Waals surface area contributed by atoms with Gasteiger partial charge < -0.3 is 10.2 Å². The average Bonchev–Trinajstić information content (AvgIpc) is 2.47. The van der Waals surface area contributed by atoms with Crippen LogP contribution in [-0.2, 0) is 6.42 Å². The summed E-state index contributed by atoms with van der Waals surface area (Å²) in [6.07, 6.45) is 5.97. The fraction of sp³-hybridized carbons (Fsp3) is 0.765. The van der Waals surface area contributed by atoms with Crippen LogP contribution in [0.5, 0.6) is 0 Å². The Morgan fingerprint density at radius 1 is 1.24 bits per heavy atom. The maximum Gasteiger partial charge on any atom is 0.137 e. The van der Waals surface area contributed by atoms with Gasteiger partial charge in [-0.3, -0.25) is 0 Å². The summed E-state index contributed by atoms with van der Waals surface area (Å²) >= 11 is 0. The van der Waals surface area contributed by atoms with Gasteiger partial charge in [0.1, 0.15) is 17.5 Å². The number of nitrogens with zero attached hydrogens (tertiary/aromatic N) is 3. The molecule has 4 nitrogen and oxygen atoms in total. The summed E-state index contributed by atoms with van der Waals surface area (Å²) < 4.78 is 0. The van der Waals surface area contributed by atoms with Gasteiger partial charge in [-0.05, 0) is 38.0 Å². The van der Waals surface area contributed by atoms with Gasteiger partial charge in [-0.25, -0.2) is 9.97 Å². The summed E-state index contributed by atoms with van der Waals surface area (Å²) in [7, 11) is 4.12. The molecule has 0 amide bonds. The molecule has 0 atom stereocenters. The second-order valence-corrected chi connectivity index (χ2v) is 7.05. The van der Waals surface area contributed by atoms with E-state index in [2.05, 4.69) is 49.9 Å². The van der Waals surface area contributed by atoms with Gasteiger partial charge in [0, 0.05) is 32.1 Å². The van der Waals surface area contributed by atoms with Gasteiger partial charge in [-0.2, -0.15) is 0 Å². The van der Waals surface area contributed by atoms with Crippen LogP contribution in [-0.4, -0.2) is 30.1 Å². The van der Waals surface area contributed by atoms with E-state index < -0.39 is 0 Å². The van der Waals surface area contributed by atoms with Crippen LogP contribution in [0.25, 0.3) is 0 Å². The predicted octanol–water partition coefficient (Wildman–Crippen LogP) is 3.79. The first-order valence-electron chi connectivity index (χ1n) is 8.16. The summed E-state index contributed by atoms with van der Waals surface area (Å²) in [5.74, 6) is 2.97. The lowest BCUT2D eigenvalue weighted by molar-refractivity contribution is 0.222. The molecule has 118 valence electrons. The molecule has 4 heteroatoms. The Kier molecular flexibility index (Phi) is 4.74. The van der Waals surface area contributed by atoms with Crippen LogP contribution in [0.2, 0.25) is 0 Å². The van der Waals surface area contributed by atoms with Crippen molar-refractivity contribution in [2.75, 3.05) is 24.3 Å². The first kappa shape index (κ1) is 16.1. The monoisotopic (exact) mass is 290 g/mol. The second-order valence-electron chi connectivity index (χ2n) is 7.05. The van der Waals surface area contributed by atoms with Crippen LogP contribution in [0.3, 0.4) is 0 Å². The maximum absolute atomic E-state index is 4.79. The van der Waals surface area contributed by atoms with Crippen molar-refractivity contribution in [3.05, 3.63) is 11.4 Å². The third-order valence-corrected chi connectivity index (χ3v) is 4.91. The van der Waals surface area contributed by atoms with Crippen molar-refractivity contribution in [2.45, 2.75) is 65.8 Å². The van der Waals surface area contributed by atoms with Crippen LogP contribution in [0.1, 0.15) is 57.8 Å². The summed E-state index contributed by atoms with van der Waals surface area (Å²) in [5, 5.41) is 3.20. The minimum Gasteiger partial charge on any atom is -0.373 e. The first-order chi connectivity index (χ1) is 9.88. The molecular formula is C17H30N4. The predicted molar refractivity (Wildman–Crippen MR) is 90.1 cm³/mol. The van der Waals surface area contributed by atoms with Gasteiger partial charge in [0.2, 0.25) is 0 Å². The highest BCUT2D eigenvalue weighted by Gasteiger charge is 2.30. The molecule has 1 N–H and O–H groups in total. The number of aromatic nitrogens is 2. The zero-order chi connectivity index (χ0) is 15.6. The van der Waals surface area contributed by atoms with E-state index in [0.717, 1.165) is 29.4 Å². The molecule has 0 aliphatic heterocycles. The van der Waals surface area contributed by atoms with Crippen LogP contribution < -0.4 is 10.2 Å². The van der Waals surface area contributed by atoms with Crippen molar-refractivity contribution in [1.82, 2.24) is 9.97 Å². The molecule has 1 saturated carbocycles. The van der Waals surface area contributed by atoms with E-state index in [4.69, 9.17) is 4.98 Å². The maximum atomic E-state index is 4.79. The number of rotatable bonds is 4. The zero-order valence-electron chi connectivity index (χ0n) is 14.5. The van der Waals surface area contributed by atoms with Gasteiger partial charge in [0.25, 0.3) is 0 Å². The lowest BCUT2D eigenvalue weighted by Crippen LogP contribution is -2.38. The Bertz CT molecular complexity index is 486. The lowest BCUT2D eigenvalue weighted by Gasteiger charge is -2.39. The molecular weight excluding hydrogens is 260 g/mol. The second kappa shape index (κ2) is 6.20. The van der Waals surface area contributed by atoms with Crippen molar-refractivity contribution in [3.8, 4) is 0 Å². The van der Waals surface area contributed by atoms with Gasteiger partial charge in [-0.1, -0.05) is 20.8 Å². The van der Waals surface area contributed by atoms with E-state index in [9.17, 15) is 0 Å². The molecule has 0 aromatic carbocycles. The highest BCUT2D eigenvalue weighted by atomic mass is 15.2. The standard InChI is InChI=1S/C17H30N4/c1-7-14-19-15(18-5)12(2)16(20-14)21(6)13-8-10-17(3,4)11-9-13/h13H,7-11H2,1-6H3,(H,18,19,20). The first-order valence-corrected chi connectivity index (χ1v) is 8.16. The van der Waals surface area contributed by atoms with Crippen molar-refractivity contribution >= 4 is 11.6 Å². The molecule has 0 radical (unpaired) electrons. The number of hydrogen-bond acceptors (Lipinski definition) is 4. The molecule has 1 aliphatic rings. The Labute approximate surface area is 129 Å². The topological polar surface area (TPSA) is 41.1 Å². The number of nitrogens with one attached hydrogen (secondary N) is 1. The van der Waals surface area contributed by atoms with E-state index >= 15 is 0 Å². The number of aryl methyl sites for hydroxylation is 1. The molecule has 0 bridgehead atoms. The minimum atomic E-state index is 0.503. The number of anilines is 2. The summed E-state index contributed by atoms with van der Waals surface area (Å²) in [4.78, 5) is 11.7. The SMILES string of the molecule is CCc1nc(NC)c(C)c(N(C)C2CCC(C)(C)CC2)n1. The fourth-order valence-electron chi connectivity index (χ4n) is 3.24. The van der Waals surface area contributed by atoms with Gasteiger partial charge in [0.05, 0.1) is 0 Å². The van der Waals surface area contributed by atoms with Crippen LogP contribution in [0, 0.1) is 12.3 Å². The quantitative estimate of drug-likeness (QED) is 0.916. The molecule has 1 heterocycles. The van der Waals surface area contributed by atoms with E-state index in [1.54, 1.807) is 0 Å².